The lowest BCUT2D eigenvalue weighted by Gasteiger charge is -2.22. The Kier molecular flexibility index (Phi) is 3.93. The van der Waals surface area contributed by atoms with E-state index in [1.54, 1.807) is 12.3 Å². The Labute approximate surface area is 113 Å². The van der Waals surface area contributed by atoms with Crippen LogP contribution in [0.1, 0.15) is 43.5 Å². The monoisotopic (exact) mass is 262 g/mol. The molecule has 1 aromatic rings. The maximum absolute atomic E-state index is 11.4. The molecule has 2 rings (SSSR count). The van der Waals surface area contributed by atoms with Crippen LogP contribution in [0.25, 0.3) is 0 Å². The van der Waals surface area contributed by atoms with Crippen molar-refractivity contribution in [2.24, 2.45) is 17.6 Å². The molecule has 0 bridgehead atoms. The van der Waals surface area contributed by atoms with Gasteiger partial charge in [-0.2, -0.15) is 0 Å². The summed E-state index contributed by atoms with van der Waals surface area (Å²) in [6, 6.07) is 1.92. The van der Waals surface area contributed by atoms with Gasteiger partial charge in [-0.05, 0) is 30.7 Å². The highest BCUT2D eigenvalue weighted by Gasteiger charge is 2.32. The lowest BCUT2D eigenvalue weighted by atomic mass is 9.93. The van der Waals surface area contributed by atoms with Gasteiger partial charge >= 0.3 is 0 Å². The van der Waals surface area contributed by atoms with Crippen LogP contribution in [0.4, 0.5) is 11.5 Å². The van der Waals surface area contributed by atoms with Crippen molar-refractivity contribution in [2.45, 2.75) is 39.2 Å². The van der Waals surface area contributed by atoms with Crippen LogP contribution in [-0.2, 0) is 0 Å². The molecule has 1 aromatic heterocycles. The molecule has 0 aromatic carbocycles. The smallest absolute Gasteiger partial charge is 0.252 e. The van der Waals surface area contributed by atoms with E-state index in [4.69, 9.17) is 11.5 Å². The summed E-state index contributed by atoms with van der Waals surface area (Å²) in [5, 5.41) is 3.36. The molecule has 0 saturated heterocycles. The SMILES string of the molecule is CCC1CCC(Nc2ncc(N)cc2C(N)=O)C1C. The van der Waals surface area contributed by atoms with Gasteiger partial charge in [0.1, 0.15) is 5.82 Å². The highest BCUT2D eigenvalue weighted by molar-refractivity contribution is 5.98. The fraction of sp³-hybridized carbons (Fsp3) is 0.571. The molecule has 1 fully saturated rings. The molecule has 1 heterocycles. The average Bonchev–Trinajstić information content (AvgIpc) is 2.72. The summed E-state index contributed by atoms with van der Waals surface area (Å²) in [5.41, 5.74) is 11.8. The summed E-state index contributed by atoms with van der Waals surface area (Å²) in [6.45, 7) is 4.47. The lowest BCUT2D eigenvalue weighted by Crippen LogP contribution is -2.27. The van der Waals surface area contributed by atoms with Crippen molar-refractivity contribution < 1.29 is 4.79 Å². The highest BCUT2D eigenvalue weighted by Crippen LogP contribution is 2.35. The van der Waals surface area contributed by atoms with Gasteiger partial charge in [-0.25, -0.2) is 4.98 Å². The number of pyridine rings is 1. The average molecular weight is 262 g/mol. The zero-order chi connectivity index (χ0) is 14.0. The lowest BCUT2D eigenvalue weighted by molar-refractivity contribution is 0.100. The van der Waals surface area contributed by atoms with Crippen LogP contribution < -0.4 is 16.8 Å². The minimum absolute atomic E-state index is 0.346. The molecule has 0 aliphatic heterocycles. The Bertz CT molecular complexity index is 475. The Hall–Kier alpha value is -1.78. The second-order valence-electron chi connectivity index (χ2n) is 5.38. The van der Waals surface area contributed by atoms with Gasteiger partial charge in [0, 0.05) is 6.04 Å². The number of primary amides is 1. The van der Waals surface area contributed by atoms with Gasteiger partial charge < -0.3 is 16.8 Å². The van der Waals surface area contributed by atoms with Crippen molar-refractivity contribution >= 4 is 17.4 Å². The summed E-state index contributed by atoms with van der Waals surface area (Å²) in [4.78, 5) is 15.6. The zero-order valence-corrected chi connectivity index (χ0v) is 11.5. The summed E-state index contributed by atoms with van der Waals surface area (Å²) >= 11 is 0. The summed E-state index contributed by atoms with van der Waals surface area (Å²) in [7, 11) is 0. The number of amides is 1. The van der Waals surface area contributed by atoms with E-state index < -0.39 is 5.91 Å². The van der Waals surface area contributed by atoms with E-state index in [1.807, 2.05) is 0 Å². The Balaban J connectivity index is 2.18. The van der Waals surface area contributed by atoms with Gasteiger partial charge in [-0.3, -0.25) is 4.79 Å². The second-order valence-corrected chi connectivity index (χ2v) is 5.38. The number of hydrogen-bond donors (Lipinski definition) is 3. The van der Waals surface area contributed by atoms with E-state index in [0.29, 0.717) is 29.0 Å². The number of hydrogen-bond acceptors (Lipinski definition) is 4. The summed E-state index contributed by atoms with van der Waals surface area (Å²) in [5.74, 6) is 1.36. The molecule has 1 aliphatic rings. The van der Waals surface area contributed by atoms with Crippen molar-refractivity contribution in [1.82, 2.24) is 4.98 Å². The first-order chi connectivity index (χ1) is 9.02. The third kappa shape index (κ3) is 2.80. The van der Waals surface area contributed by atoms with Crippen LogP contribution in [0.2, 0.25) is 0 Å². The van der Waals surface area contributed by atoms with Gasteiger partial charge in [-0.1, -0.05) is 20.3 Å². The number of nitrogens with zero attached hydrogens (tertiary/aromatic N) is 1. The normalized spacial score (nSPS) is 26.3. The largest absolute Gasteiger partial charge is 0.397 e. The molecule has 5 nitrogen and oxygen atoms in total. The topological polar surface area (TPSA) is 94.0 Å². The van der Waals surface area contributed by atoms with E-state index in [9.17, 15) is 4.79 Å². The van der Waals surface area contributed by atoms with Crippen molar-refractivity contribution in [1.29, 1.82) is 0 Å². The number of rotatable bonds is 4. The molecule has 3 unspecified atom stereocenters. The van der Waals surface area contributed by atoms with Crippen LogP contribution in [-0.4, -0.2) is 16.9 Å². The van der Waals surface area contributed by atoms with Gasteiger partial charge in [0.05, 0.1) is 17.4 Å². The Morgan fingerprint density at radius 2 is 2.26 bits per heavy atom. The van der Waals surface area contributed by atoms with E-state index >= 15 is 0 Å². The van der Waals surface area contributed by atoms with Crippen LogP contribution in [0, 0.1) is 11.8 Å². The molecule has 1 saturated carbocycles. The Morgan fingerprint density at radius 3 is 2.84 bits per heavy atom. The van der Waals surface area contributed by atoms with Gasteiger partial charge in [0.2, 0.25) is 0 Å². The number of nitrogens with one attached hydrogen (secondary N) is 1. The standard InChI is InChI=1S/C14H22N4O/c1-3-9-4-5-12(8(9)2)18-14-11(13(16)19)6-10(15)7-17-14/h6-9,12H,3-5,15H2,1-2H3,(H2,16,19)(H,17,18). The fourth-order valence-corrected chi connectivity index (χ4v) is 2.99. The molecule has 19 heavy (non-hydrogen) atoms. The van der Waals surface area contributed by atoms with Crippen LogP contribution in [0.3, 0.4) is 0 Å². The first-order valence-electron chi connectivity index (χ1n) is 6.84. The van der Waals surface area contributed by atoms with Gasteiger partial charge in [0.15, 0.2) is 0 Å². The van der Waals surface area contributed by atoms with E-state index in [1.165, 1.54) is 12.8 Å². The number of carbonyl (C=O) groups is 1. The predicted octanol–water partition coefficient (Wildman–Crippen LogP) is 2.00. The molecule has 5 heteroatoms. The Morgan fingerprint density at radius 1 is 1.53 bits per heavy atom. The van der Waals surface area contributed by atoms with Gasteiger partial charge in [-0.15, -0.1) is 0 Å². The molecule has 0 spiro atoms. The maximum Gasteiger partial charge on any atom is 0.252 e. The fourth-order valence-electron chi connectivity index (χ4n) is 2.99. The van der Waals surface area contributed by atoms with Crippen molar-refractivity contribution in [2.75, 3.05) is 11.1 Å². The predicted molar refractivity (Wildman–Crippen MR) is 76.8 cm³/mol. The first kappa shape index (κ1) is 13.6. The molecule has 1 amide bonds. The van der Waals surface area contributed by atoms with Crippen LogP contribution in [0.15, 0.2) is 12.3 Å². The van der Waals surface area contributed by atoms with Crippen molar-refractivity contribution in [3.8, 4) is 0 Å². The number of nitrogens with two attached hydrogens (primary N) is 2. The maximum atomic E-state index is 11.4. The molecular weight excluding hydrogens is 240 g/mol. The molecule has 0 radical (unpaired) electrons. The first-order valence-corrected chi connectivity index (χ1v) is 6.84. The van der Waals surface area contributed by atoms with Crippen molar-refractivity contribution in [3.63, 3.8) is 0 Å². The number of carbonyl (C=O) groups excluding carboxylic acids is 1. The molecule has 5 N–H and O–H groups in total. The zero-order valence-electron chi connectivity index (χ0n) is 11.5. The minimum atomic E-state index is -0.500. The van der Waals surface area contributed by atoms with Crippen molar-refractivity contribution in [3.05, 3.63) is 17.8 Å². The number of aromatic nitrogens is 1. The molecule has 1 aliphatic carbocycles. The third-order valence-corrected chi connectivity index (χ3v) is 4.25. The summed E-state index contributed by atoms with van der Waals surface area (Å²) in [6.07, 6.45) is 5.06. The molecule has 3 atom stereocenters. The summed E-state index contributed by atoms with van der Waals surface area (Å²) < 4.78 is 0. The van der Waals surface area contributed by atoms with Gasteiger partial charge in [0.25, 0.3) is 5.91 Å². The molecule has 104 valence electrons. The number of anilines is 2. The van der Waals surface area contributed by atoms with E-state index in [-0.39, 0.29) is 0 Å². The van der Waals surface area contributed by atoms with E-state index in [2.05, 4.69) is 24.1 Å². The quantitative estimate of drug-likeness (QED) is 0.773. The highest BCUT2D eigenvalue weighted by atomic mass is 16.1. The van der Waals surface area contributed by atoms with E-state index in [0.717, 1.165) is 12.3 Å². The number of nitrogen functional groups attached to an aromatic ring is 1. The third-order valence-electron chi connectivity index (χ3n) is 4.25. The van der Waals surface area contributed by atoms with Crippen LogP contribution >= 0.6 is 0 Å². The molecular formula is C14H22N4O. The minimum Gasteiger partial charge on any atom is -0.397 e. The second kappa shape index (κ2) is 5.47. The van der Waals surface area contributed by atoms with Crippen LogP contribution in [0.5, 0.6) is 0 Å².